The van der Waals surface area contributed by atoms with Crippen LogP contribution in [-0.2, 0) is 6.18 Å². The Morgan fingerprint density at radius 3 is 2.45 bits per heavy atom. The predicted octanol–water partition coefficient (Wildman–Crippen LogP) is 4.67. The smallest absolute Gasteiger partial charge is 0.371 e. The van der Waals surface area contributed by atoms with Gasteiger partial charge in [0.15, 0.2) is 5.69 Å². The highest BCUT2D eigenvalue weighted by Gasteiger charge is 2.45. The van der Waals surface area contributed by atoms with Crippen LogP contribution in [0, 0.1) is 16.7 Å². The molecule has 1 spiro atoms. The lowest BCUT2D eigenvalue weighted by atomic mass is 9.76. The molecule has 0 bridgehead atoms. The van der Waals surface area contributed by atoms with Crippen molar-refractivity contribution in [1.82, 2.24) is 4.98 Å². The zero-order valence-corrected chi connectivity index (χ0v) is 17.2. The van der Waals surface area contributed by atoms with E-state index >= 15 is 0 Å². The lowest BCUT2D eigenvalue weighted by molar-refractivity contribution is -0.138. The third-order valence-corrected chi connectivity index (χ3v) is 6.60. The molecule has 162 valence electrons. The molecule has 4 rings (SSSR count). The fraction of sp³-hybridized carbons (Fsp3) is 0.435. The van der Waals surface area contributed by atoms with E-state index < -0.39 is 17.4 Å². The second kappa shape index (κ2) is 7.88. The predicted molar refractivity (Wildman–Crippen MR) is 111 cm³/mol. The molecule has 2 fully saturated rings. The van der Waals surface area contributed by atoms with Crippen molar-refractivity contribution < 1.29 is 18.0 Å². The minimum absolute atomic E-state index is 0.0466. The number of aldehydes is 1. The van der Waals surface area contributed by atoms with Gasteiger partial charge in [-0.15, -0.1) is 0 Å². The standard InChI is InChI=1S/C23H23F3N4O/c1-16-11-22(6-8-29(9-7-22)18-4-2-17(14-31)3-5-18)15-30(16)19-10-20(23(24,25)26)21(12-27)28-13-19/h2-5,10,13-14,16H,6-9,11,15H2,1H3/t16-/m0/s1. The highest BCUT2D eigenvalue weighted by molar-refractivity contribution is 5.75. The van der Waals surface area contributed by atoms with E-state index in [0.717, 1.165) is 50.4 Å². The summed E-state index contributed by atoms with van der Waals surface area (Å²) in [5, 5.41) is 8.99. The topological polar surface area (TPSA) is 60.2 Å². The first-order chi connectivity index (χ1) is 14.7. The third kappa shape index (κ3) is 4.09. The summed E-state index contributed by atoms with van der Waals surface area (Å²) in [6.45, 7) is 4.43. The molecule has 31 heavy (non-hydrogen) atoms. The van der Waals surface area contributed by atoms with Crippen molar-refractivity contribution in [3.63, 3.8) is 0 Å². The molecular formula is C23H23F3N4O. The average molecular weight is 428 g/mol. The number of hydrogen-bond donors (Lipinski definition) is 0. The molecule has 2 aliphatic heterocycles. The Morgan fingerprint density at radius 2 is 1.87 bits per heavy atom. The highest BCUT2D eigenvalue weighted by Crippen LogP contribution is 2.46. The van der Waals surface area contributed by atoms with E-state index in [2.05, 4.69) is 9.88 Å². The number of aromatic nitrogens is 1. The molecular weight excluding hydrogens is 405 g/mol. The molecule has 1 atom stereocenters. The van der Waals surface area contributed by atoms with Crippen molar-refractivity contribution in [2.45, 2.75) is 38.4 Å². The molecule has 8 heteroatoms. The fourth-order valence-electron chi connectivity index (χ4n) is 4.95. The Labute approximate surface area is 179 Å². The number of nitriles is 1. The zero-order valence-electron chi connectivity index (χ0n) is 17.2. The maximum atomic E-state index is 13.4. The van der Waals surface area contributed by atoms with Crippen molar-refractivity contribution in [3.05, 3.63) is 53.3 Å². The van der Waals surface area contributed by atoms with Gasteiger partial charge in [0.05, 0.1) is 17.4 Å². The lowest BCUT2D eigenvalue weighted by Crippen LogP contribution is -2.41. The van der Waals surface area contributed by atoms with Crippen molar-refractivity contribution >= 4 is 17.7 Å². The van der Waals surface area contributed by atoms with Gasteiger partial charge in [-0.25, -0.2) is 4.98 Å². The summed E-state index contributed by atoms with van der Waals surface area (Å²) in [5.74, 6) is 0. The molecule has 5 nitrogen and oxygen atoms in total. The van der Waals surface area contributed by atoms with Gasteiger partial charge in [-0.3, -0.25) is 4.79 Å². The number of pyridine rings is 1. The number of benzene rings is 1. The van der Waals surface area contributed by atoms with Crippen LogP contribution in [-0.4, -0.2) is 36.9 Å². The Morgan fingerprint density at radius 1 is 1.19 bits per heavy atom. The van der Waals surface area contributed by atoms with Crippen LogP contribution in [0.1, 0.15) is 47.8 Å². The molecule has 0 saturated carbocycles. The van der Waals surface area contributed by atoms with Crippen molar-refractivity contribution in [2.24, 2.45) is 5.41 Å². The van der Waals surface area contributed by atoms with Gasteiger partial charge in [0, 0.05) is 36.9 Å². The summed E-state index contributed by atoms with van der Waals surface area (Å²) in [7, 11) is 0. The van der Waals surface area contributed by atoms with Gasteiger partial charge in [0.2, 0.25) is 0 Å². The quantitative estimate of drug-likeness (QED) is 0.665. The molecule has 2 aromatic rings. The van der Waals surface area contributed by atoms with Crippen molar-refractivity contribution in [1.29, 1.82) is 5.26 Å². The number of halogens is 3. The Balaban J connectivity index is 1.49. The number of hydrogen-bond acceptors (Lipinski definition) is 5. The summed E-state index contributed by atoms with van der Waals surface area (Å²) in [5.41, 5.74) is 0.620. The number of rotatable bonds is 3. The molecule has 3 heterocycles. The first-order valence-corrected chi connectivity index (χ1v) is 10.3. The van der Waals surface area contributed by atoms with Gasteiger partial charge < -0.3 is 9.80 Å². The van der Waals surface area contributed by atoms with E-state index in [1.54, 1.807) is 6.07 Å². The normalized spacial score (nSPS) is 20.7. The number of anilines is 2. The Hall–Kier alpha value is -3.08. The Kier molecular flexibility index (Phi) is 5.38. The first kappa shape index (κ1) is 21.2. The maximum absolute atomic E-state index is 13.4. The molecule has 0 radical (unpaired) electrons. The largest absolute Gasteiger partial charge is 0.419 e. The molecule has 0 N–H and O–H groups in total. The SMILES string of the molecule is C[C@H]1CC2(CCN(c3ccc(C=O)cc3)CC2)CN1c1cnc(C#N)c(C(F)(F)F)c1. The summed E-state index contributed by atoms with van der Waals surface area (Å²) in [6.07, 6.45) is 0.392. The van der Waals surface area contributed by atoms with E-state index in [1.165, 1.54) is 6.20 Å². The van der Waals surface area contributed by atoms with E-state index in [1.807, 2.05) is 36.1 Å². The lowest BCUT2D eigenvalue weighted by Gasteiger charge is -2.40. The monoisotopic (exact) mass is 428 g/mol. The number of alkyl halides is 3. The summed E-state index contributed by atoms with van der Waals surface area (Å²) < 4.78 is 40.1. The molecule has 0 amide bonds. The Bertz CT molecular complexity index is 1000. The van der Waals surface area contributed by atoms with Crippen LogP contribution in [0.2, 0.25) is 0 Å². The van der Waals surface area contributed by atoms with Crippen LogP contribution < -0.4 is 9.80 Å². The van der Waals surface area contributed by atoms with Gasteiger partial charge in [0.25, 0.3) is 0 Å². The van der Waals surface area contributed by atoms with E-state index in [-0.39, 0.29) is 11.5 Å². The summed E-state index contributed by atoms with van der Waals surface area (Å²) in [4.78, 5) is 18.9. The van der Waals surface area contributed by atoms with E-state index in [0.29, 0.717) is 17.8 Å². The van der Waals surface area contributed by atoms with Gasteiger partial charge in [-0.2, -0.15) is 18.4 Å². The van der Waals surface area contributed by atoms with Crippen LogP contribution in [0.5, 0.6) is 0 Å². The molecule has 1 aromatic heterocycles. The van der Waals surface area contributed by atoms with E-state index in [4.69, 9.17) is 5.26 Å². The minimum Gasteiger partial charge on any atom is -0.371 e. The summed E-state index contributed by atoms with van der Waals surface area (Å²) in [6, 6.07) is 10.2. The highest BCUT2D eigenvalue weighted by atomic mass is 19.4. The maximum Gasteiger partial charge on any atom is 0.419 e. The number of carbonyl (C=O) groups is 1. The molecule has 1 aromatic carbocycles. The molecule has 2 saturated heterocycles. The van der Waals surface area contributed by atoms with Crippen LogP contribution in [0.15, 0.2) is 36.5 Å². The second-order valence-corrected chi connectivity index (χ2v) is 8.58. The molecule has 2 aliphatic rings. The van der Waals surface area contributed by atoms with Crippen LogP contribution >= 0.6 is 0 Å². The van der Waals surface area contributed by atoms with Crippen LogP contribution in [0.4, 0.5) is 24.5 Å². The first-order valence-electron chi connectivity index (χ1n) is 10.3. The number of carbonyl (C=O) groups excluding carboxylic acids is 1. The minimum atomic E-state index is -4.61. The summed E-state index contributed by atoms with van der Waals surface area (Å²) >= 11 is 0. The van der Waals surface area contributed by atoms with Gasteiger partial charge in [-0.1, -0.05) is 0 Å². The molecule has 0 aliphatic carbocycles. The van der Waals surface area contributed by atoms with Gasteiger partial charge in [-0.05, 0) is 61.9 Å². The van der Waals surface area contributed by atoms with Crippen molar-refractivity contribution in [2.75, 3.05) is 29.4 Å². The van der Waals surface area contributed by atoms with Crippen molar-refractivity contribution in [3.8, 4) is 6.07 Å². The second-order valence-electron chi connectivity index (χ2n) is 8.58. The van der Waals surface area contributed by atoms with Crippen LogP contribution in [0.3, 0.4) is 0 Å². The average Bonchev–Trinajstić information content (AvgIpc) is 3.09. The number of nitrogens with zero attached hydrogens (tertiary/aromatic N) is 4. The van der Waals surface area contributed by atoms with Gasteiger partial charge in [0.1, 0.15) is 12.4 Å². The zero-order chi connectivity index (χ0) is 22.2. The number of piperidine rings is 1. The van der Waals surface area contributed by atoms with E-state index in [9.17, 15) is 18.0 Å². The fourth-order valence-corrected chi connectivity index (χ4v) is 4.95. The molecule has 0 unspecified atom stereocenters. The van der Waals surface area contributed by atoms with Crippen LogP contribution in [0.25, 0.3) is 0 Å². The third-order valence-electron chi connectivity index (χ3n) is 6.60. The van der Waals surface area contributed by atoms with Gasteiger partial charge >= 0.3 is 6.18 Å².